The van der Waals surface area contributed by atoms with E-state index in [0.717, 1.165) is 44.9 Å². The molecule has 3 aliphatic rings. The second-order valence-corrected chi connectivity index (χ2v) is 9.01. The molecular weight excluding hydrogens is 362 g/mol. The molecule has 5 nitrogen and oxygen atoms in total. The quantitative estimate of drug-likeness (QED) is 0.801. The highest BCUT2D eigenvalue weighted by Crippen LogP contribution is 2.31. The van der Waals surface area contributed by atoms with Crippen molar-refractivity contribution in [3.05, 3.63) is 35.4 Å². The van der Waals surface area contributed by atoms with Crippen LogP contribution in [0.25, 0.3) is 0 Å². The predicted molar refractivity (Wildman–Crippen MR) is 114 cm³/mol. The van der Waals surface area contributed by atoms with E-state index in [1.165, 1.54) is 30.4 Å². The fraction of sp³-hybridized carbons (Fsp3) is 0.667. The van der Waals surface area contributed by atoms with Crippen LogP contribution in [0.5, 0.6) is 0 Å². The van der Waals surface area contributed by atoms with E-state index < -0.39 is 0 Å². The average molecular weight is 398 g/mol. The Balaban J connectivity index is 1.44. The Morgan fingerprint density at radius 3 is 2.59 bits per heavy atom. The van der Waals surface area contributed by atoms with Crippen LogP contribution in [-0.4, -0.2) is 42.4 Å². The number of carbonyl (C=O) groups excluding carboxylic acids is 2. The normalized spacial score (nSPS) is 26.0. The average Bonchev–Trinajstić information content (AvgIpc) is 3.25. The second kappa shape index (κ2) is 9.29. The molecule has 5 heteroatoms. The van der Waals surface area contributed by atoms with Crippen molar-refractivity contribution >= 4 is 11.8 Å². The van der Waals surface area contributed by atoms with Gasteiger partial charge in [0.1, 0.15) is 6.04 Å². The summed E-state index contributed by atoms with van der Waals surface area (Å²) in [5, 5.41) is 6.56. The van der Waals surface area contributed by atoms with Crippen LogP contribution in [0.3, 0.4) is 0 Å². The Labute approximate surface area is 174 Å². The zero-order chi connectivity index (χ0) is 20.2. The van der Waals surface area contributed by atoms with E-state index in [1.807, 2.05) is 11.9 Å². The van der Waals surface area contributed by atoms with Crippen molar-refractivity contribution in [3.8, 4) is 0 Å². The van der Waals surface area contributed by atoms with Crippen LogP contribution in [-0.2, 0) is 16.0 Å². The van der Waals surface area contributed by atoms with E-state index in [-0.39, 0.29) is 29.9 Å². The molecule has 2 amide bonds. The minimum absolute atomic E-state index is 0.0241. The molecule has 2 N–H and O–H groups in total. The molecule has 1 aromatic carbocycles. The summed E-state index contributed by atoms with van der Waals surface area (Å²) in [4.78, 5) is 28.4. The number of aryl methyl sites for hydroxylation is 1. The van der Waals surface area contributed by atoms with Crippen LogP contribution >= 0.6 is 0 Å². The maximum Gasteiger partial charge on any atom is 0.243 e. The first kappa shape index (κ1) is 20.4. The maximum absolute atomic E-state index is 13.4. The Morgan fingerprint density at radius 1 is 1.00 bits per heavy atom. The van der Waals surface area contributed by atoms with E-state index in [2.05, 4.69) is 34.9 Å². The number of hydrogen-bond acceptors (Lipinski definition) is 3. The number of fused-ring (bicyclic) bond motifs is 1. The molecule has 2 fully saturated rings. The van der Waals surface area contributed by atoms with Gasteiger partial charge in [0, 0.05) is 6.54 Å². The molecule has 1 aliphatic heterocycles. The van der Waals surface area contributed by atoms with Gasteiger partial charge >= 0.3 is 0 Å². The van der Waals surface area contributed by atoms with Gasteiger partial charge in [0.25, 0.3) is 0 Å². The fourth-order valence-corrected chi connectivity index (χ4v) is 5.68. The summed E-state index contributed by atoms with van der Waals surface area (Å²) in [6.07, 6.45) is 10.8. The van der Waals surface area contributed by atoms with Gasteiger partial charge in [0.2, 0.25) is 11.8 Å². The van der Waals surface area contributed by atoms with Crippen molar-refractivity contribution in [2.24, 2.45) is 5.92 Å². The van der Waals surface area contributed by atoms with Gasteiger partial charge in [-0.2, -0.15) is 0 Å². The molecule has 29 heavy (non-hydrogen) atoms. The summed E-state index contributed by atoms with van der Waals surface area (Å²) in [5.41, 5.74) is 2.59. The molecule has 1 saturated carbocycles. The molecule has 1 heterocycles. The lowest BCUT2D eigenvalue weighted by atomic mass is 9.83. The van der Waals surface area contributed by atoms with Crippen molar-refractivity contribution in [1.82, 2.24) is 15.5 Å². The third-order valence-electron chi connectivity index (χ3n) is 7.22. The number of rotatable bonds is 5. The largest absolute Gasteiger partial charge is 0.347 e. The third kappa shape index (κ3) is 4.35. The Morgan fingerprint density at radius 2 is 1.79 bits per heavy atom. The molecule has 2 aliphatic carbocycles. The molecule has 0 radical (unpaired) electrons. The first-order chi connectivity index (χ1) is 14.2. The van der Waals surface area contributed by atoms with Crippen LogP contribution < -0.4 is 10.6 Å². The fourth-order valence-electron chi connectivity index (χ4n) is 5.68. The summed E-state index contributed by atoms with van der Waals surface area (Å²) in [7, 11) is 1.89. The van der Waals surface area contributed by atoms with E-state index in [1.54, 1.807) is 0 Å². The van der Waals surface area contributed by atoms with Gasteiger partial charge in [-0.05, 0) is 69.0 Å². The highest BCUT2D eigenvalue weighted by Gasteiger charge is 2.40. The van der Waals surface area contributed by atoms with Gasteiger partial charge < -0.3 is 15.5 Å². The summed E-state index contributed by atoms with van der Waals surface area (Å²) < 4.78 is 0. The number of likely N-dealkylation sites (tertiary alicyclic amines) is 1. The van der Waals surface area contributed by atoms with Crippen LogP contribution in [0.1, 0.15) is 75.0 Å². The van der Waals surface area contributed by atoms with E-state index in [9.17, 15) is 9.59 Å². The lowest BCUT2D eigenvalue weighted by Gasteiger charge is -2.35. The Bertz CT molecular complexity index is 729. The molecule has 0 spiro atoms. The van der Waals surface area contributed by atoms with Crippen LogP contribution in [0.4, 0.5) is 0 Å². The number of nitrogens with one attached hydrogen (secondary N) is 2. The Kier molecular flexibility index (Phi) is 6.53. The highest BCUT2D eigenvalue weighted by molar-refractivity contribution is 5.90. The Hall–Kier alpha value is -1.88. The van der Waals surface area contributed by atoms with Gasteiger partial charge in [0.15, 0.2) is 0 Å². The smallest absolute Gasteiger partial charge is 0.243 e. The number of likely N-dealkylation sites (N-methyl/N-ethyl adjacent to an activating group) is 1. The number of nitrogens with zero attached hydrogens (tertiary/aromatic N) is 1. The summed E-state index contributed by atoms with van der Waals surface area (Å²) in [5.74, 6) is 0.549. The molecule has 0 bridgehead atoms. The molecule has 3 unspecified atom stereocenters. The lowest BCUT2D eigenvalue weighted by molar-refractivity contribution is -0.141. The van der Waals surface area contributed by atoms with Crippen LogP contribution in [0.2, 0.25) is 0 Å². The first-order valence-corrected chi connectivity index (χ1v) is 11.5. The summed E-state index contributed by atoms with van der Waals surface area (Å²) >= 11 is 0. The highest BCUT2D eigenvalue weighted by atomic mass is 16.2. The van der Waals surface area contributed by atoms with Crippen molar-refractivity contribution in [2.75, 3.05) is 13.6 Å². The van der Waals surface area contributed by atoms with Crippen molar-refractivity contribution in [3.63, 3.8) is 0 Å². The van der Waals surface area contributed by atoms with Gasteiger partial charge in [-0.25, -0.2) is 0 Å². The molecule has 1 aromatic rings. The summed E-state index contributed by atoms with van der Waals surface area (Å²) in [6, 6.07) is 8.02. The van der Waals surface area contributed by atoms with Gasteiger partial charge in [-0.1, -0.05) is 43.5 Å². The van der Waals surface area contributed by atoms with E-state index in [4.69, 9.17) is 0 Å². The standard InChI is InChI=1S/C24H35N3O2/c1-25-22(18-10-3-2-4-11-18)24(29)27-16-8-15-21(27)23(28)26-20-14-7-12-17-9-5-6-13-19(17)20/h5-6,9,13,18,20-22,25H,2-4,7-8,10-12,14-16H2,1H3,(H,26,28). The zero-order valence-electron chi connectivity index (χ0n) is 17.7. The maximum atomic E-state index is 13.4. The minimum atomic E-state index is -0.323. The van der Waals surface area contributed by atoms with Gasteiger partial charge in [-0.3, -0.25) is 9.59 Å². The topological polar surface area (TPSA) is 61.4 Å². The number of benzene rings is 1. The molecule has 158 valence electrons. The first-order valence-electron chi connectivity index (χ1n) is 11.5. The summed E-state index contributed by atoms with van der Waals surface area (Å²) in [6.45, 7) is 0.697. The molecule has 0 aromatic heterocycles. The predicted octanol–water partition coefficient (Wildman–Crippen LogP) is 3.34. The third-order valence-corrected chi connectivity index (χ3v) is 7.22. The van der Waals surface area contributed by atoms with Crippen LogP contribution in [0, 0.1) is 5.92 Å². The number of hydrogen-bond donors (Lipinski definition) is 2. The molecular formula is C24H35N3O2. The minimum Gasteiger partial charge on any atom is -0.347 e. The second-order valence-electron chi connectivity index (χ2n) is 9.01. The van der Waals surface area contributed by atoms with Crippen molar-refractivity contribution < 1.29 is 9.59 Å². The molecule has 3 atom stereocenters. The van der Waals surface area contributed by atoms with E-state index in [0.29, 0.717) is 12.5 Å². The number of carbonyl (C=O) groups is 2. The SMILES string of the molecule is CNC(C(=O)N1CCCC1C(=O)NC1CCCc2ccccc21)C1CCCCC1. The van der Waals surface area contributed by atoms with Gasteiger partial charge in [0.05, 0.1) is 12.1 Å². The molecule has 4 rings (SSSR count). The van der Waals surface area contributed by atoms with Crippen molar-refractivity contribution in [1.29, 1.82) is 0 Å². The molecule has 1 saturated heterocycles. The monoisotopic (exact) mass is 397 g/mol. The number of amides is 2. The van der Waals surface area contributed by atoms with E-state index >= 15 is 0 Å². The van der Waals surface area contributed by atoms with Crippen molar-refractivity contribution in [2.45, 2.75) is 82.3 Å². The van der Waals surface area contributed by atoms with Gasteiger partial charge in [-0.15, -0.1) is 0 Å². The zero-order valence-corrected chi connectivity index (χ0v) is 17.7. The lowest BCUT2D eigenvalue weighted by Crippen LogP contribution is -2.54. The van der Waals surface area contributed by atoms with Crippen LogP contribution in [0.15, 0.2) is 24.3 Å².